The molecule has 0 aromatic heterocycles. The van der Waals surface area contributed by atoms with Gasteiger partial charge in [0.15, 0.2) is 0 Å². The van der Waals surface area contributed by atoms with Crippen LogP contribution >= 0.6 is 0 Å². The molecular weight excluding hydrogens is 653 g/mol. The number of fused-ring (bicyclic) bond motifs is 1. The summed E-state index contributed by atoms with van der Waals surface area (Å²) in [7, 11) is 0. The van der Waals surface area contributed by atoms with Crippen molar-refractivity contribution >= 4 is 69.2 Å². The fourth-order valence-corrected chi connectivity index (χ4v) is 6.78. The molecule has 2 heteroatoms. The van der Waals surface area contributed by atoms with Gasteiger partial charge in [0.1, 0.15) is 0 Å². The maximum absolute atomic E-state index is 2.29. The fraction of sp³-hybridized carbons (Fsp3) is 0.0385. The number of aryl methyl sites for hydroxylation is 2. The minimum absolute atomic E-state index is 1.13. The van der Waals surface area contributed by atoms with Gasteiger partial charge in [-0.3, -0.25) is 0 Å². The van der Waals surface area contributed by atoms with E-state index in [2.05, 4.69) is 242 Å². The van der Waals surface area contributed by atoms with E-state index >= 15 is 0 Å². The molecule has 0 aliphatic rings. The summed E-state index contributed by atoms with van der Waals surface area (Å²) in [6.45, 7) is 4.24. The molecule has 0 heterocycles. The summed E-state index contributed by atoms with van der Waals surface area (Å²) >= 11 is 0. The Hall–Kier alpha value is -6.90. The Morgan fingerprint density at radius 3 is 0.907 bits per heavy atom. The number of nitrogens with zero attached hydrogens (tertiary/aromatic N) is 2. The monoisotopic (exact) mass is 694 g/mol. The van der Waals surface area contributed by atoms with Crippen molar-refractivity contribution in [3.05, 3.63) is 228 Å². The van der Waals surface area contributed by atoms with Crippen molar-refractivity contribution in [2.45, 2.75) is 13.8 Å². The van der Waals surface area contributed by atoms with Crippen LogP contribution in [-0.4, -0.2) is 0 Å². The summed E-state index contributed by atoms with van der Waals surface area (Å²) in [4.78, 5) is 4.59. The van der Waals surface area contributed by atoms with E-state index in [1.54, 1.807) is 0 Å². The first-order valence-electron chi connectivity index (χ1n) is 18.5. The lowest BCUT2D eigenvalue weighted by molar-refractivity contribution is 1.27. The van der Waals surface area contributed by atoms with Crippen LogP contribution in [0.25, 0.3) is 35.1 Å². The largest absolute Gasteiger partial charge is 0.311 e. The zero-order valence-electron chi connectivity index (χ0n) is 30.7. The molecule has 0 unspecified atom stereocenters. The molecule has 0 N–H and O–H groups in total. The predicted octanol–water partition coefficient (Wildman–Crippen LogP) is 14.7. The van der Waals surface area contributed by atoms with Crippen molar-refractivity contribution < 1.29 is 0 Å². The van der Waals surface area contributed by atoms with E-state index in [-0.39, 0.29) is 0 Å². The second-order valence-electron chi connectivity index (χ2n) is 13.7. The minimum atomic E-state index is 1.13. The first-order chi connectivity index (χ1) is 26.6. The summed E-state index contributed by atoms with van der Waals surface area (Å²) < 4.78 is 0. The van der Waals surface area contributed by atoms with Gasteiger partial charge in [-0.25, -0.2) is 0 Å². The van der Waals surface area contributed by atoms with Crippen molar-refractivity contribution in [2.24, 2.45) is 0 Å². The van der Waals surface area contributed by atoms with Gasteiger partial charge in [0.05, 0.1) is 0 Å². The SMILES string of the molecule is Cc1ccc(N(c2ccccc2)c2ccc(/C=C\c3ccc4cc(/C=C\c5ccc(N(c6ccccc6)c6ccc(C)cc6)cc5)ccc4c3)cc2)cc1. The van der Waals surface area contributed by atoms with Gasteiger partial charge < -0.3 is 9.80 Å². The van der Waals surface area contributed by atoms with E-state index in [1.165, 1.54) is 33.0 Å². The Morgan fingerprint density at radius 2 is 0.556 bits per heavy atom. The Morgan fingerprint density at radius 1 is 0.278 bits per heavy atom. The molecule has 0 atom stereocenters. The second-order valence-corrected chi connectivity index (χ2v) is 13.7. The fourth-order valence-electron chi connectivity index (χ4n) is 6.78. The van der Waals surface area contributed by atoms with Gasteiger partial charge in [-0.05, 0) is 132 Å². The number of para-hydroxylation sites is 2. The van der Waals surface area contributed by atoms with E-state index in [0.29, 0.717) is 0 Å². The molecule has 0 saturated heterocycles. The third kappa shape index (κ3) is 7.94. The zero-order chi connectivity index (χ0) is 36.7. The molecule has 0 aliphatic heterocycles. The Bertz CT molecular complexity index is 2330. The molecule has 2 nitrogen and oxygen atoms in total. The highest BCUT2D eigenvalue weighted by atomic mass is 15.1. The van der Waals surface area contributed by atoms with Crippen molar-refractivity contribution in [1.82, 2.24) is 0 Å². The highest BCUT2D eigenvalue weighted by Gasteiger charge is 2.13. The van der Waals surface area contributed by atoms with Gasteiger partial charge in [-0.1, -0.05) is 145 Å². The molecular formula is C52H42N2. The summed E-state index contributed by atoms with van der Waals surface area (Å²) in [5.41, 5.74) is 14.0. The second kappa shape index (κ2) is 15.8. The smallest absolute Gasteiger partial charge is 0.0462 e. The zero-order valence-corrected chi connectivity index (χ0v) is 30.7. The van der Waals surface area contributed by atoms with Crippen LogP contribution in [0.2, 0.25) is 0 Å². The Kier molecular flexibility index (Phi) is 9.99. The molecule has 8 rings (SSSR count). The van der Waals surface area contributed by atoms with Crippen LogP contribution in [0.4, 0.5) is 34.1 Å². The molecule has 0 radical (unpaired) electrons. The normalized spacial score (nSPS) is 11.4. The van der Waals surface area contributed by atoms with Crippen LogP contribution in [0.3, 0.4) is 0 Å². The van der Waals surface area contributed by atoms with E-state index in [1.807, 2.05) is 0 Å². The van der Waals surface area contributed by atoms with Crippen molar-refractivity contribution in [1.29, 1.82) is 0 Å². The average Bonchev–Trinajstić information content (AvgIpc) is 3.22. The van der Waals surface area contributed by atoms with E-state index in [4.69, 9.17) is 0 Å². The van der Waals surface area contributed by atoms with Crippen molar-refractivity contribution in [3.8, 4) is 0 Å². The van der Waals surface area contributed by atoms with Crippen LogP contribution in [0.5, 0.6) is 0 Å². The average molecular weight is 695 g/mol. The predicted molar refractivity (Wildman–Crippen MR) is 234 cm³/mol. The van der Waals surface area contributed by atoms with Gasteiger partial charge in [0.25, 0.3) is 0 Å². The van der Waals surface area contributed by atoms with E-state index in [9.17, 15) is 0 Å². The highest BCUT2D eigenvalue weighted by Crippen LogP contribution is 2.36. The number of anilines is 6. The van der Waals surface area contributed by atoms with Gasteiger partial charge >= 0.3 is 0 Å². The third-order valence-electron chi connectivity index (χ3n) is 9.74. The number of rotatable bonds is 10. The lowest BCUT2D eigenvalue weighted by Crippen LogP contribution is -2.09. The topological polar surface area (TPSA) is 6.48 Å². The molecule has 0 spiro atoms. The third-order valence-corrected chi connectivity index (χ3v) is 9.74. The van der Waals surface area contributed by atoms with Crippen molar-refractivity contribution in [3.63, 3.8) is 0 Å². The van der Waals surface area contributed by atoms with Crippen LogP contribution in [0.1, 0.15) is 33.4 Å². The number of hydrogen-bond donors (Lipinski definition) is 0. The summed E-state index contributed by atoms with van der Waals surface area (Å²) in [6, 6.07) is 69.3. The van der Waals surface area contributed by atoms with Crippen molar-refractivity contribution in [2.75, 3.05) is 9.80 Å². The number of hydrogen-bond acceptors (Lipinski definition) is 2. The molecule has 260 valence electrons. The van der Waals surface area contributed by atoms with Crippen LogP contribution in [-0.2, 0) is 0 Å². The maximum atomic E-state index is 2.29. The number of benzene rings is 8. The summed E-state index contributed by atoms with van der Waals surface area (Å²) in [6.07, 6.45) is 8.76. The highest BCUT2D eigenvalue weighted by molar-refractivity contribution is 5.89. The minimum Gasteiger partial charge on any atom is -0.311 e. The quantitative estimate of drug-likeness (QED) is 0.132. The lowest BCUT2D eigenvalue weighted by atomic mass is 10.0. The molecule has 8 aromatic carbocycles. The summed E-state index contributed by atoms with van der Waals surface area (Å²) in [5, 5.41) is 2.45. The Labute approximate surface area is 319 Å². The van der Waals surface area contributed by atoms with Crippen LogP contribution < -0.4 is 9.80 Å². The van der Waals surface area contributed by atoms with Gasteiger partial charge in [-0.2, -0.15) is 0 Å². The van der Waals surface area contributed by atoms with Gasteiger partial charge in [0, 0.05) is 34.1 Å². The van der Waals surface area contributed by atoms with Crippen LogP contribution in [0.15, 0.2) is 194 Å². The first-order valence-corrected chi connectivity index (χ1v) is 18.5. The van der Waals surface area contributed by atoms with E-state index in [0.717, 1.165) is 45.3 Å². The Balaban J connectivity index is 0.954. The molecule has 8 aromatic rings. The molecule has 0 aliphatic carbocycles. The lowest BCUT2D eigenvalue weighted by Gasteiger charge is -2.25. The van der Waals surface area contributed by atoms with Gasteiger partial charge in [-0.15, -0.1) is 0 Å². The van der Waals surface area contributed by atoms with Gasteiger partial charge in [0.2, 0.25) is 0 Å². The van der Waals surface area contributed by atoms with E-state index < -0.39 is 0 Å². The maximum Gasteiger partial charge on any atom is 0.0462 e. The standard InChI is InChI=1S/C52H42N2/c1-39-13-29-49(30-14-39)53(47-9-5-3-6-10-47)51-33-23-41(24-34-51)17-19-43-21-27-46-38-44(22-28-45(46)37-43)20-18-42-25-35-52(36-26-42)54(48-11-7-4-8-12-48)50-31-15-40(2)16-32-50/h3-38H,1-2H3/b19-17-,20-18-. The molecule has 0 saturated carbocycles. The molecule has 0 fully saturated rings. The van der Waals surface area contributed by atoms with Crippen LogP contribution in [0, 0.1) is 13.8 Å². The molecule has 0 amide bonds. The summed E-state index contributed by atoms with van der Waals surface area (Å²) in [5.74, 6) is 0. The molecule has 54 heavy (non-hydrogen) atoms. The first kappa shape index (κ1) is 34.2. The molecule has 0 bridgehead atoms.